The van der Waals surface area contributed by atoms with Gasteiger partial charge < -0.3 is 10.6 Å². The van der Waals surface area contributed by atoms with Crippen molar-refractivity contribution in [2.45, 2.75) is 25.1 Å². The van der Waals surface area contributed by atoms with Crippen molar-refractivity contribution < 1.29 is 17.6 Å². The van der Waals surface area contributed by atoms with E-state index in [0.717, 1.165) is 11.0 Å². The molecule has 0 heterocycles. The normalized spacial score (nSPS) is 16.0. The van der Waals surface area contributed by atoms with Gasteiger partial charge in [0.1, 0.15) is 12.4 Å². The maximum absolute atomic E-state index is 13.6. The molecule has 0 spiro atoms. The lowest BCUT2D eigenvalue weighted by Crippen LogP contribution is -2.36. The monoisotopic (exact) mass is 248 g/mol. The van der Waals surface area contributed by atoms with E-state index in [1.54, 1.807) is 0 Å². The fraction of sp³-hybridized carbons (Fsp3) is 0.455. The molecule has 0 unspecified atom stereocenters. The molecule has 6 heteroatoms. The molecule has 0 aliphatic heterocycles. The Hall–Kier alpha value is -1.46. The molecule has 1 aliphatic carbocycles. The van der Waals surface area contributed by atoms with Crippen molar-refractivity contribution in [1.82, 2.24) is 0 Å². The summed E-state index contributed by atoms with van der Waals surface area (Å²) in [5.41, 5.74) is 5.54. The lowest BCUT2D eigenvalue weighted by atomic mass is 10.2. The summed E-state index contributed by atoms with van der Waals surface area (Å²) in [6.45, 7) is -1.13. The van der Waals surface area contributed by atoms with Crippen LogP contribution in [0, 0.1) is 5.82 Å². The minimum Gasteiger partial charge on any atom is -0.399 e. The summed E-state index contributed by atoms with van der Waals surface area (Å²) in [6.07, 6.45) is -3.00. The molecule has 0 saturated heterocycles. The van der Waals surface area contributed by atoms with Crippen molar-refractivity contribution >= 4 is 11.4 Å². The summed E-state index contributed by atoms with van der Waals surface area (Å²) < 4.78 is 50.8. The van der Waals surface area contributed by atoms with Gasteiger partial charge in [0, 0.05) is 11.7 Å². The van der Waals surface area contributed by atoms with Gasteiger partial charge in [0.25, 0.3) is 0 Å². The number of halogens is 4. The molecule has 94 valence electrons. The Balaban J connectivity index is 2.26. The highest BCUT2D eigenvalue weighted by Crippen LogP contribution is 2.35. The fourth-order valence-electron chi connectivity index (χ4n) is 1.75. The van der Waals surface area contributed by atoms with Crippen molar-refractivity contribution in [3.63, 3.8) is 0 Å². The quantitative estimate of drug-likeness (QED) is 0.658. The van der Waals surface area contributed by atoms with E-state index in [0.29, 0.717) is 12.8 Å². The van der Waals surface area contributed by atoms with E-state index >= 15 is 0 Å². The number of anilines is 2. The molecule has 1 fully saturated rings. The van der Waals surface area contributed by atoms with Gasteiger partial charge in [0.05, 0.1) is 5.69 Å². The van der Waals surface area contributed by atoms with Crippen LogP contribution in [0.3, 0.4) is 0 Å². The van der Waals surface area contributed by atoms with E-state index < -0.39 is 18.5 Å². The van der Waals surface area contributed by atoms with Crippen LogP contribution in [0.1, 0.15) is 12.8 Å². The lowest BCUT2D eigenvalue weighted by Gasteiger charge is -2.26. The van der Waals surface area contributed by atoms with Gasteiger partial charge in [-0.2, -0.15) is 13.2 Å². The second kappa shape index (κ2) is 4.09. The summed E-state index contributed by atoms with van der Waals surface area (Å²) in [5, 5.41) is 0. The molecule has 0 bridgehead atoms. The van der Waals surface area contributed by atoms with Crippen molar-refractivity contribution in [2.75, 3.05) is 17.2 Å². The molecule has 0 radical (unpaired) electrons. The summed E-state index contributed by atoms with van der Waals surface area (Å²) >= 11 is 0. The van der Waals surface area contributed by atoms with E-state index in [4.69, 9.17) is 5.73 Å². The first kappa shape index (κ1) is 12.0. The van der Waals surface area contributed by atoms with E-state index in [-0.39, 0.29) is 17.4 Å². The minimum atomic E-state index is -4.34. The third kappa shape index (κ3) is 3.01. The molecular weight excluding hydrogens is 236 g/mol. The molecule has 1 aromatic rings. The molecule has 2 rings (SSSR count). The maximum Gasteiger partial charge on any atom is 0.405 e. The number of nitrogens with two attached hydrogens (primary N) is 1. The van der Waals surface area contributed by atoms with Crippen molar-refractivity contribution in [1.29, 1.82) is 0 Å². The fourth-order valence-corrected chi connectivity index (χ4v) is 1.75. The molecule has 0 amide bonds. The van der Waals surface area contributed by atoms with Crippen LogP contribution in [-0.2, 0) is 0 Å². The molecule has 0 aromatic heterocycles. The Bertz CT molecular complexity index is 412. The van der Waals surface area contributed by atoms with Crippen LogP contribution >= 0.6 is 0 Å². The van der Waals surface area contributed by atoms with Crippen LogP contribution in [0.15, 0.2) is 18.2 Å². The smallest absolute Gasteiger partial charge is 0.399 e. The summed E-state index contributed by atoms with van der Waals surface area (Å²) in [5.74, 6) is -0.707. The van der Waals surface area contributed by atoms with E-state index in [2.05, 4.69) is 0 Å². The SMILES string of the molecule is Nc1ccc(N(CC(F)(F)F)C2CC2)c(F)c1. The Morgan fingerprint density at radius 1 is 1.29 bits per heavy atom. The predicted molar refractivity (Wildman–Crippen MR) is 57.2 cm³/mol. The number of hydrogen-bond donors (Lipinski definition) is 1. The lowest BCUT2D eigenvalue weighted by molar-refractivity contribution is -0.120. The largest absolute Gasteiger partial charge is 0.405 e. The number of nitrogen functional groups attached to an aromatic ring is 1. The summed E-state index contributed by atoms with van der Waals surface area (Å²) in [6, 6.07) is 3.54. The van der Waals surface area contributed by atoms with Gasteiger partial charge in [-0.05, 0) is 31.0 Å². The molecule has 17 heavy (non-hydrogen) atoms. The maximum atomic E-state index is 13.6. The Kier molecular flexibility index (Phi) is 2.89. The number of hydrogen-bond acceptors (Lipinski definition) is 2. The van der Waals surface area contributed by atoms with E-state index in [1.165, 1.54) is 12.1 Å². The number of nitrogens with zero attached hydrogens (tertiary/aromatic N) is 1. The minimum absolute atomic E-state index is 0.0287. The van der Waals surface area contributed by atoms with Crippen molar-refractivity contribution in [2.24, 2.45) is 0 Å². The standard InChI is InChI=1S/C11H12F4N2/c12-9-5-7(16)1-4-10(9)17(8-2-3-8)6-11(13,14)15/h1,4-5,8H,2-3,6,16H2. The van der Waals surface area contributed by atoms with Crippen LogP contribution < -0.4 is 10.6 Å². The highest BCUT2D eigenvalue weighted by molar-refractivity contribution is 5.56. The third-order valence-electron chi connectivity index (χ3n) is 2.62. The number of benzene rings is 1. The third-order valence-corrected chi connectivity index (χ3v) is 2.62. The molecule has 2 N–H and O–H groups in total. The van der Waals surface area contributed by atoms with Crippen LogP contribution in [0.25, 0.3) is 0 Å². The second-order valence-electron chi connectivity index (χ2n) is 4.19. The summed E-state index contributed by atoms with van der Waals surface area (Å²) in [4.78, 5) is 1.06. The van der Waals surface area contributed by atoms with Crippen LogP contribution in [0.5, 0.6) is 0 Å². The molecule has 2 nitrogen and oxygen atoms in total. The van der Waals surface area contributed by atoms with Crippen LogP contribution in [-0.4, -0.2) is 18.8 Å². The van der Waals surface area contributed by atoms with Crippen molar-refractivity contribution in [3.05, 3.63) is 24.0 Å². The number of alkyl halides is 3. The number of rotatable bonds is 3. The zero-order valence-corrected chi connectivity index (χ0v) is 8.97. The molecular formula is C11H12F4N2. The molecule has 1 saturated carbocycles. The van der Waals surface area contributed by atoms with Gasteiger partial charge in [0.2, 0.25) is 0 Å². The van der Waals surface area contributed by atoms with Gasteiger partial charge in [0.15, 0.2) is 0 Å². The second-order valence-corrected chi connectivity index (χ2v) is 4.19. The highest BCUT2D eigenvalue weighted by Gasteiger charge is 2.39. The van der Waals surface area contributed by atoms with Gasteiger partial charge in [-0.25, -0.2) is 4.39 Å². The van der Waals surface area contributed by atoms with E-state index in [1.807, 2.05) is 0 Å². The highest BCUT2D eigenvalue weighted by atomic mass is 19.4. The van der Waals surface area contributed by atoms with Gasteiger partial charge >= 0.3 is 6.18 Å². The Morgan fingerprint density at radius 2 is 1.94 bits per heavy atom. The predicted octanol–water partition coefficient (Wildman–Crippen LogP) is 2.94. The topological polar surface area (TPSA) is 29.3 Å². The van der Waals surface area contributed by atoms with E-state index in [9.17, 15) is 17.6 Å². The first-order valence-electron chi connectivity index (χ1n) is 5.25. The molecule has 1 aromatic carbocycles. The zero-order chi connectivity index (χ0) is 12.6. The van der Waals surface area contributed by atoms with Crippen LogP contribution in [0.4, 0.5) is 28.9 Å². The van der Waals surface area contributed by atoms with Crippen LogP contribution in [0.2, 0.25) is 0 Å². The average molecular weight is 248 g/mol. The van der Waals surface area contributed by atoms with Gasteiger partial charge in [-0.1, -0.05) is 0 Å². The Morgan fingerprint density at radius 3 is 2.41 bits per heavy atom. The van der Waals surface area contributed by atoms with Gasteiger partial charge in [-0.3, -0.25) is 0 Å². The van der Waals surface area contributed by atoms with Crippen molar-refractivity contribution in [3.8, 4) is 0 Å². The average Bonchev–Trinajstić information content (AvgIpc) is 2.96. The Labute approximate surface area is 96.0 Å². The van der Waals surface area contributed by atoms with Gasteiger partial charge in [-0.15, -0.1) is 0 Å². The first-order valence-corrected chi connectivity index (χ1v) is 5.25. The molecule has 0 atom stereocenters. The zero-order valence-electron chi connectivity index (χ0n) is 8.97. The first-order chi connectivity index (χ1) is 7.87. The summed E-state index contributed by atoms with van der Waals surface area (Å²) in [7, 11) is 0. The molecule has 1 aliphatic rings.